The topological polar surface area (TPSA) is 65.1 Å². The number of nitrogens with one attached hydrogen (secondary N) is 3. The summed E-state index contributed by atoms with van der Waals surface area (Å²) in [5, 5.41) is 13.4. The van der Waals surface area contributed by atoms with Crippen molar-refractivity contribution >= 4 is 29.9 Å². The molecule has 1 aromatic heterocycles. The fourth-order valence-corrected chi connectivity index (χ4v) is 2.67. The predicted octanol–water partition coefficient (Wildman–Crippen LogP) is 2.95. The van der Waals surface area contributed by atoms with Gasteiger partial charge in [0.2, 0.25) is 0 Å². The number of halogens is 2. The first-order valence-electron chi connectivity index (χ1n) is 7.98. The van der Waals surface area contributed by atoms with Crippen LogP contribution >= 0.6 is 24.0 Å². The van der Waals surface area contributed by atoms with Crippen LogP contribution < -0.4 is 10.6 Å². The largest absolute Gasteiger partial charge is 0.357 e. The van der Waals surface area contributed by atoms with Gasteiger partial charge < -0.3 is 10.6 Å². The molecule has 130 valence electrons. The van der Waals surface area contributed by atoms with Crippen molar-refractivity contribution < 1.29 is 4.39 Å². The Morgan fingerprint density at radius 1 is 1.33 bits per heavy atom. The third kappa shape index (κ3) is 4.68. The minimum atomic E-state index is -0.173. The summed E-state index contributed by atoms with van der Waals surface area (Å²) < 4.78 is 13.5. The summed E-state index contributed by atoms with van der Waals surface area (Å²) in [6, 6.07) is 8.82. The van der Waals surface area contributed by atoms with Crippen LogP contribution in [0.4, 0.5) is 4.39 Å². The van der Waals surface area contributed by atoms with Crippen molar-refractivity contribution in [1.29, 1.82) is 0 Å². The zero-order chi connectivity index (χ0) is 16.1. The van der Waals surface area contributed by atoms with Crippen molar-refractivity contribution in [2.75, 3.05) is 13.1 Å². The fraction of sp³-hybridized carbons (Fsp3) is 0.412. The average molecular weight is 443 g/mol. The van der Waals surface area contributed by atoms with Crippen LogP contribution in [0.1, 0.15) is 31.0 Å². The van der Waals surface area contributed by atoms with E-state index in [1.165, 1.54) is 6.07 Å². The predicted molar refractivity (Wildman–Crippen MR) is 104 cm³/mol. The zero-order valence-corrected chi connectivity index (χ0v) is 16.0. The molecule has 24 heavy (non-hydrogen) atoms. The number of aliphatic imine (C=N–C) groups is 1. The number of guanidine groups is 1. The van der Waals surface area contributed by atoms with Gasteiger partial charge in [-0.2, -0.15) is 5.10 Å². The molecule has 0 amide bonds. The van der Waals surface area contributed by atoms with Crippen molar-refractivity contribution in [2.24, 2.45) is 4.99 Å². The molecule has 3 N–H and O–H groups in total. The molecule has 0 aliphatic heterocycles. The van der Waals surface area contributed by atoms with E-state index in [2.05, 4.69) is 25.8 Å². The summed E-state index contributed by atoms with van der Waals surface area (Å²) in [6.45, 7) is 4.13. The molecule has 1 fully saturated rings. The molecule has 0 atom stereocenters. The third-order valence-corrected chi connectivity index (χ3v) is 4.19. The first kappa shape index (κ1) is 18.7. The van der Waals surface area contributed by atoms with E-state index in [4.69, 9.17) is 0 Å². The molecular formula is C17H23FIN5. The summed E-state index contributed by atoms with van der Waals surface area (Å²) in [5.41, 5.74) is 2.06. The number of aromatic amines is 1. The Morgan fingerprint density at radius 2 is 2.17 bits per heavy atom. The van der Waals surface area contributed by atoms with Gasteiger partial charge in [0, 0.05) is 24.7 Å². The van der Waals surface area contributed by atoms with E-state index in [9.17, 15) is 4.39 Å². The van der Waals surface area contributed by atoms with Gasteiger partial charge in [0.05, 0.1) is 12.2 Å². The highest BCUT2D eigenvalue weighted by Crippen LogP contribution is 2.47. The molecule has 0 spiro atoms. The number of rotatable bonds is 6. The second-order valence-electron chi connectivity index (χ2n) is 5.92. The van der Waals surface area contributed by atoms with Gasteiger partial charge in [0.15, 0.2) is 5.96 Å². The molecule has 1 heterocycles. The van der Waals surface area contributed by atoms with Gasteiger partial charge in [-0.05, 0) is 43.5 Å². The molecule has 0 saturated heterocycles. The molecule has 1 aliphatic carbocycles. The van der Waals surface area contributed by atoms with Crippen LogP contribution in [0.5, 0.6) is 0 Å². The van der Waals surface area contributed by atoms with Crippen LogP contribution in [0, 0.1) is 5.82 Å². The minimum Gasteiger partial charge on any atom is -0.357 e. The maximum absolute atomic E-state index is 13.5. The van der Waals surface area contributed by atoms with Gasteiger partial charge in [0.1, 0.15) is 5.82 Å². The fourth-order valence-electron chi connectivity index (χ4n) is 2.67. The Balaban J connectivity index is 0.00000208. The van der Waals surface area contributed by atoms with Crippen LogP contribution in [0.25, 0.3) is 0 Å². The minimum absolute atomic E-state index is 0. The molecule has 1 saturated carbocycles. The summed E-state index contributed by atoms with van der Waals surface area (Å²) in [6.07, 6.45) is 3.86. The van der Waals surface area contributed by atoms with Crippen molar-refractivity contribution in [3.05, 3.63) is 53.6 Å². The van der Waals surface area contributed by atoms with Crippen molar-refractivity contribution in [1.82, 2.24) is 20.8 Å². The molecule has 1 aromatic carbocycles. The van der Waals surface area contributed by atoms with E-state index >= 15 is 0 Å². The molecule has 7 heteroatoms. The monoisotopic (exact) mass is 443 g/mol. The lowest BCUT2D eigenvalue weighted by molar-refractivity contribution is 0.607. The van der Waals surface area contributed by atoms with Crippen LogP contribution in [0.15, 0.2) is 41.5 Å². The molecular weight excluding hydrogens is 420 g/mol. The van der Waals surface area contributed by atoms with Crippen molar-refractivity contribution in [2.45, 2.75) is 31.7 Å². The van der Waals surface area contributed by atoms with E-state index < -0.39 is 0 Å². The summed E-state index contributed by atoms with van der Waals surface area (Å²) in [4.78, 5) is 4.55. The number of nitrogens with zero attached hydrogens (tertiary/aromatic N) is 2. The van der Waals surface area contributed by atoms with E-state index in [0.717, 1.165) is 43.1 Å². The first-order chi connectivity index (χ1) is 11.2. The van der Waals surface area contributed by atoms with Crippen molar-refractivity contribution in [3.8, 4) is 0 Å². The van der Waals surface area contributed by atoms with Gasteiger partial charge in [0.25, 0.3) is 0 Å². The smallest absolute Gasteiger partial charge is 0.191 e. The van der Waals surface area contributed by atoms with Crippen LogP contribution in [0.2, 0.25) is 0 Å². The maximum atomic E-state index is 13.5. The normalized spacial score (nSPS) is 15.5. The van der Waals surface area contributed by atoms with E-state index in [1.54, 1.807) is 18.3 Å². The zero-order valence-electron chi connectivity index (χ0n) is 13.7. The molecule has 5 nitrogen and oxygen atoms in total. The molecule has 3 rings (SSSR count). The third-order valence-electron chi connectivity index (χ3n) is 4.19. The van der Waals surface area contributed by atoms with Gasteiger partial charge in [-0.1, -0.05) is 12.1 Å². The summed E-state index contributed by atoms with van der Waals surface area (Å²) >= 11 is 0. The second kappa shape index (κ2) is 8.46. The maximum Gasteiger partial charge on any atom is 0.191 e. The highest BCUT2D eigenvalue weighted by Gasteiger charge is 2.44. The number of benzene rings is 1. The average Bonchev–Trinajstić information content (AvgIpc) is 3.17. The lowest BCUT2D eigenvalue weighted by atomic mass is 9.96. The van der Waals surface area contributed by atoms with E-state index in [-0.39, 0.29) is 35.2 Å². The molecule has 1 aliphatic rings. The van der Waals surface area contributed by atoms with Gasteiger partial charge in [-0.25, -0.2) is 9.38 Å². The number of hydrogen-bond acceptors (Lipinski definition) is 2. The Labute approximate surface area is 158 Å². The van der Waals surface area contributed by atoms with Gasteiger partial charge in [-0.3, -0.25) is 5.10 Å². The van der Waals surface area contributed by atoms with Crippen LogP contribution in [0.3, 0.4) is 0 Å². The molecule has 0 unspecified atom stereocenters. The van der Waals surface area contributed by atoms with Gasteiger partial charge in [-0.15, -0.1) is 24.0 Å². The molecule has 0 bridgehead atoms. The second-order valence-corrected chi connectivity index (χ2v) is 5.92. The number of aromatic nitrogens is 2. The Hall–Kier alpha value is -1.64. The SMILES string of the molecule is CCNC(=NCc1ccn[nH]1)NCC1(c2cccc(F)c2)CC1.I. The lowest BCUT2D eigenvalue weighted by Crippen LogP contribution is -2.41. The lowest BCUT2D eigenvalue weighted by Gasteiger charge is -2.19. The number of H-pyrrole nitrogens is 1. The van der Waals surface area contributed by atoms with Crippen LogP contribution in [-0.2, 0) is 12.0 Å². The summed E-state index contributed by atoms with van der Waals surface area (Å²) in [7, 11) is 0. The Morgan fingerprint density at radius 3 is 2.79 bits per heavy atom. The quantitative estimate of drug-likeness (QED) is 0.366. The Kier molecular flexibility index (Phi) is 6.59. The Bertz CT molecular complexity index is 667. The highest BCUT2D eigenvalue weighted by molar-refractivity contribution is 14.0. The van der Waals surface area contributed by atoms with Crippen LogP contribution in [-0.4, -0.2) is 29.2 Å². The summed E-state index contributed by atoms with van der Waals surface area (Å²) in [5.74, 6) is 0.596. The first-order valence-corrected chi connectivity index (χ1v) is 7.98. The number of hydrogen-bond donors (Lipinski definition) is 3. The van der Waals surface area contributed by atoms with Gasteiger partial charge >= 0.3 is 0 Å². The standard InChI is InChI=1S/C17H22FN5.HI/c1-2-19-16(20-11-15-6-9-22-23-15)21-12-17(7-8-17)13-4-3-5-14(18)10-13;/h3-6,9-10H,2,7-8,11-12H2,1H3,(H,22,23)(H2,19,20,21);1H. The molecule has 2 aromatic rings. The van der Waals surface area contributed by atoms with E-state index in [1.807, 2.05) is 19.1 Å². The van der Waals surface area contributed by atoms with Crippen molar-refractivity contribution in [3.63, 3.8) is 0 Å². The highest BCUT2D eigenvalue weighted by atomic mass is 127. The molecule has 0 radical (unpaired) electrons. The van der Waals surface area contributed by atoms with E-state index in [0.29, 0.717) is 6.54 Å².